The Morgan fingerprint density at radius 3 is 2.70 bits per heavy atom. The second kappa shape index (κ2) is 9.13. The van der Waals surface area contributed by atoms with E-state index in [0.717, 1.165) is 31.7 Å². The van der Waals surface area contributed by atoms with E-state index in [-0.39, 0.29) is 24.4 Å². The third-order valence-corrected chi connectivity index (χ3v) is 4.91. The Kier molecular flexibility index (Phi) is 8.25. The molecule has 2 rings (SSSR count). The fourth-order valence-corrected chi connectivity index (χ4v) is 3.60. The molecule has 20 heavy (non-hydrogen) atoms. The van der Waals surface area contributed by atoms with Crippen LogP contribution >= 0.6 is 24.2 Å². The SMILES string of the molecule is CSCC[C@H](N)C(=O)N1CCC(CN2CCCC2)C1.Cl. The van der Waals surface area contributed by atoms with Gasteiger partial charge < -0.3 is 15.5 Å². The van der Waals surface area contributed by atoms with Crippen molar-refractivity contribution >= 4 is 30.1 Å². The van der Waals surface area contributed by atoms with Gasteiger partial charge in [0.2, 0.25) is 5.91 Å². The Morgan fingerprint density at radius 2 is 2.05 bits per heavy atom. The summed E-state index contributed by atoms with van der Waals surface area (Å²) >= 11 is 1.75. The first-order valence-electron chi connectivity index (χ1n) is 7.46. The molecule has 6 heteroatoms. The third-order valence-electron chi connectivity index (χ3n) is 4.26. The summed E-state index contributed by atoms with van der Waals surface area (Å²) in [6.07, 6.45) is 6.69. The van der Waals surface area contributed by atoms with E-state index in [0.29, 0.717) is 5.92 Å². The molecule has 2 aliphatic rings. The van der Waals surface area contributed by atoms with Gasteiger partial charge in [-0.3, -0.25) is 4.79 Å². The molecule has 0 bridgehead atoms. The van der Waals surface area contributed by atoms with Crippen molar-refractivity contribution in [2.24, 2.45) is 11.7 Å². The lowest BCUT2D eigenvalue weighted by atomic mass is 10.1. The molecular formula is C14H28ClN3OS. The van der Waals surface area contributed by atoms with Crippen LogP contribution in [0.15, 0.2) is 0 Å². The summed E-state index contributed by atoms with van der Waals surface area (Å²) in [7, 11) is 0. The van der Waals surface area contributed by atoms with E-state index in [1.54, 1.807) is 11.8 Å². The lowest BCUT2D eigenvalue weighted by Gasteiger charge is -2.22. The van der Waals surface area contributed by atoms with E-state index in [4.69, 9.17) is 5.73 Å². The molecule has 0 saturated carbocycles. The molecule has 0 aromatic rings. The molecule has 1 amide bonds. The second-order valence-corrected chi connectivity index (χ2v) is 6.82. The number of carbonyl (C=O) groups excluding carboxylic acids is 1. The molecule has 2 saturated heterocycles. The van der Waals surface area contributed by atoms with Crippen LogP contribution in [0.4, 0.5) is 0 Å². The van der Waals surface area contributed by atoms with Crippen LogP contribution in [0.2, 0.25) is 0 Å². The molecule has 4 nitrogen and oxygen atoms in total. The Morgan fingerprint density at radius 1 is 1.35 bits per heavy atom. The van der Waals surface area contributed by atoms with E-state index in [1.165, 1.54) is 32.5 Å². The van der Waals surface area contributed by atoms with E-state index >= 15 is 0 Å². The number of likely N-dealkylation sites (tertiary alicyclic amines) is 2. The van der Waals surface area contributed by atoms with Gasteiger partial charge in [-0.2, -0.15) is 11.8 Å². The van der Waals surface area contributed by atoms with Crippen molar-refractivity contribution in [3.8, 4) is 0 Å². The van der Waals surface area contributed by atoms with Crippen LogP contribution in [-0.2, 0) is 4.79 Å². The van der Waals surface area contributed by atoms with Gasteiger partial charge in [0.15, 0.2) is 0 Å². The number of hydrogen-bond acceptors (Lipinski definition) is 4. The number of carbonyl (C=O) groups is 1. The van der Waals surface area contributed by atoms with Crippen LogP contribution in [0.5, 0.6) is 0 Å². The maximum Gasteiger partial charge on any atom is 0.239 e. The van der Waals surface area contributed by atoms with Crippen LogP contribution in [0, 0.1) is 5.92 Å². The Labute approximate surface area is 133 Å². The Balaban J connectivity index is 0.00000200. The molecule has 0 aliphatic carbocycles. The van der Waals surface area contributed by atoms with Crippen molar-refractivity contribution in [3.05, 3.63) is 0 Å². The second-order valence-electron chi connectivity index (χ2n) is 5.83. The molecule has 2 fully saturated rings. The zero-order chi connectivity index (χ0) is 13.7. The predicted molar refractivity (Wildman–Crippen MR) is 88.6 cm³/mol. The number of halogens is 1. The number of thioether (sulfide) groups is 1. The van der Waals surface area contributed by atoms with Crippen molar-refractivity contribution in [1.82, 2.24) is 9.80 Å². The van der Waals surface area contributed by atoms with Crippen LogP contribution in [0.1, 0.15) is 25.7 Å². The standard InChI is InChI=1S/C14H27N3OS.ClH/c1-19-9-5-13(15)14(18)17-8-4-12(11-17)10-16-6-2-3-7-16;/h12-13H,2-11,15H2,1H3;1H/t12?,13-;/m0./s1. The Hall–Kier alpha value is 0.0300. The van der Waals surface area contributed by atoms with Gasteiger partial charge in [-0.15, -0.1) is 12.4 Å². The van der Waals surface area contributed by atoms with Crippen LogP contribution in [0.3, 0.4) is 0 Å². The molecular weight excluding hydrogens is 294 g/mol. The fraction of sp³-hybridized carbons (Fsp3) is 0.929. The van der Waals surface area contributed by atoms with Crippen LogP contribution in [-0.4, -0.2) is 66.5 Å². The highest BCUT2D eigenvalue weighted by atomic mass is 35.5. The largest absolute Gasteiger partial charge is 0.341 e. The molecule has 2 heterocycles. The normalized spacial score (nSPS) is 24.7. The number of nitrogens with zero attached hydrogens (tertiary/aromatic N) is 2. The minimum absolute atomic E-state index is 0. The first-order chi connectivity index (χ1) is 9.20. The summed E-state index contributed by atoms with van der Waals surface area (Å²) in [5.74, 6) is 1.80. The van der Waals surface area contributed by atoms with Crippen molar-refractivity contribution < 1.29 is 4.79 Å². The van der Waals surface area contributed by atoms with Crippen LogP contribution in [0.25, 0.3) is 0 Å². The summed E-state index contributed by atoms with van der Waals surface area (Å²) in [5, 5.41) is 0. The average Bonchev–Trinajstić information content (AvgIpc) is 3.07. The highest BCUT2D eigenvalue weighted by Crippen LogP contribution is 2.20. The third kappa shape index (κ3) is 5.10. The summed E-state index contributed by atoms with van der Waals surface area (Å²) in [4.78, 5) is 16.8. The smallest absolute Gasteiger partial charge is 0.239 e. The van der Waals surface area contributed by atoms with Gasteiger partial charge in [0.25, 0.3) is 0 Å². The van der Waals surface area contributed by atoms with Gasteiger partial charge in [0.1, 0.15) is 0 Å². The fourth-order valence-electron chi connectivity index (χ4n) is 3.11. The molecule has 1 unspecified atom stereocenters. The molecule has 2 atom stereocenters. The number of rotatable bonds is 6. The van der Waals surface area contributed by atoms with Gasteiger partial charge in [0.05, 0.1) is 6.04 Å². The minimum atomic E-state index is -0.294. The summed E-state index contributed by atoms with van der Waals surface area (Å²) < 4.78 is 0. The molecule has 0 spiro atoms. The maximum atomic E-state index is 12.2. The van der Waals surface area contributed by atoms with Gasteiger partial charge in [-0.05, 0) is 56.7 Å². The molecule has 0 aromatic carbocycles. The average molecular weight is 322 g/mol. The topological polar surface area (TPSA) is 49.6 Å². The zero-order valence-electron chi connectivity index (χ0n) is 12.4. The lowest BCUT2D eigenvalue weighted by molar-refractivity contribution is -0.131. The highest BCUT2D eigenvalue weighted by molar-refractivity contribution is 7.98. The van der Waals surface area contributed by atoms with Gasteiger partial charge in [-0.1, -0.05) is 0 Å². The zero-order valence-corrected chi connectivity index (χ0v) is 14.1. The van der Waals surface area contributed by atoms with E-state index in [1.807, 2.05) is 4.90 Å². The number of amides is 1. The minimum Gasteiger partial charge on any atom is -0.341 e. The monoisotopic (exact) mass is 321 g/mol. The molecule has 2 N–H and O–H groups in total. The van der Waals surface area contributed by atoms with E-state index in [9.17, 15) is 4.79 Å². The van der Waals surface area contributed by atoms with Gasteiger partial charge >= 0.3 is 0 Å². The Bertz CT molecular complexity index is 300. The van der Waals surface area contributed by atoms with Crippen molar-refractivity contribution in [2.45, 2.75) is 31.7 Å². The van der Waals surface area contributed by atoms with Crippen LogP contribution < -0.4 is 5.73 Å². The molecule has 118 valence electrons. The van der Waals surface area contributed by atoms with Crippen molar-refractivity contribution in [3.63, 3.8) is 0 Å². The van der Waals surface area contributed by atoms with E-state index < -0.39 is 0 Å². The number of hydrogen-bond donors (Lipinski definition) is 1. The summed E-state index contributed by atoms with van der Waals surface area (Å²) in [5.41, 5.74) is 5.98. The maximum absolute atomic E-state index is 12.2. The number of nitrogens with two attached hydrogens (primary N) is 1. The first-order valence-corrected chi connectivity index (χ1v) is 8.85. The van der Waals surface area contributed by atoms with Crippen molar-refractivity contribution in [1.29, 1.82) is 0 Å². The summed E-state index contributed by atoms with van der Waals surface area (Å²) in [6, 6.07) is -0.294. The quantitative estimate of drug-likeness (QED) is 0.804. The van der Waals surface area contributed by atoms with Gasteiger partial charge in [-0.25, -0.2) is 0 Å². The lowest BCUT2D eigenvalue weighted by Crippen LogP contribution is -2.43. The van der Waals surface area contributed by atoms with Gasteiger partial charge in [0, 0.05) is 19.6 Å². The summed E-state index contributed by atoms with van der Waals surface area (Å²) in [6.45, 7) is 5.49. The highest BCUT2D eigenvalue weighted by Gasteiger charge is 2.30. The molecule has 2 aliphatic heterocycles. The molecule has 0 radical (unpaired) electrons. The molecule has 0 aromatic heterocycles. The predicted octanol–water partition coefficient (Wildman–Crippen LogP) is 1.43. The first kappa shape index (κ1) is 18.1. The van der Waals surface area contributed by atoms with E-state index in [2.05, 4.69) is 11.2 Å². The van der Waals surface area contributed by atoms with Crippen molar-refractivity contribution in [2.75, 3.05) is 44.7 Å².